The second-order valence-electron chi connectivity index (χ2n) is 8.76. The standard InChI is InChI=1S/C25H32N2O10/c1-13(9-14-3-6-16(35-2)7-4-14)26-11-19(15-5-8-18(29)17(10-15)27-12-28)36-25-22(32)20(30)21(31)23(37-25)24(33)34/h3-8,10,12-13,19-23,25-26,29-32H,9,11H2,1-2H3,(H,27,28)(H,33,34)/t13-,19+,20-,21-,22+,23-,25?/m1/s1. The quantitative estimate of drug-likeness (QED) is 0.149. The summed E-state index contributed by atoms with van der Waals surface area (Å²) >= 11 is 0. The number of anilines is 1. The van der Waals surface area contributed by atoms with Crippen LogP contribution in [0.15, 0.2) is 42.5 Å². The Kier molecular flexibility index (Phi) is 9.80. The largest absolute Gasteiger partial charge is 0.506 e. The summed E-state index contributed by atoms with van der Waals surface area (Å²) in [4.78, 5) is 22.4. The fraction of sp³-hybridized carbons (Fsp3) is 0.440. The smallest absolute Gasteiger partial charge is 0.335 e. The molecule has 37 heavy (non-hydrogen) atoms. The predicted molar refractivity (Wildman–Crippen MR) is 130 cm³/mol. The summed E-state index contributed by atoms with van der Waals surface area (Å²) in [6, 6.07) is 11.9. The Hall–Kier alpha value is -3.26. The van der Waals surface area contributed by atoms with Gasteiger partial charge in [0.25, 0.3) is 0 Å². The van der Waals surface area contributed by atoms with Gasteiger partial charge in [0, 0.05) is 12.6 Å². The molecule has 1 amide bonds. The molecule has 7 atom stereocenters. The topological polar surface area (TPSA) is 187 Å². The van der Waals surface area contributed by atoms with E-state index < -0.39 is 42.8 Å². The van der Waals surface area contributed by atoms with Gasteiger partial charge in [0.1, 0.15) is 29.8 Å². The van der Waals surface area contributed by atoms with Gasteiger partial charge in [-0.25, -0.2) is 4.79 Å². The first-order valence-corrected chi connectivity index (χ1v) is 11.6. The van der Waals surface area contributed by atoms with Crippen LogP contribution in [0, 0.1) is 0 Å². The van der Waals surface area contributed by atoms with Gasteiger partial charge >= 0.3 is 5.97 Å². The van der Waals surface area contributed by atoms with Crippen LogP contribution < -0.4 is 15.4 Å². The number of aliphatic hydroxyl groups excluding tert-OH is 3. The Morgan fingerprint density at radius 1 is 1.11 bits per heavy atom. The minimum atomic E-state index is -1.86. The van der Waals surface area contributed by atoms with E-state index in [-0.39, 0.29) is 24.0 Å². The fourth-order valence-electron chi connectivity index (χ4n) is 4.00. The lowest BCUT2D eigenvalue weighted by molar-refractivity contribution is -0.305. The van der Waals surface area contributed by atoms with E-state index in [9.17, 15) is 35.1 Å². The number of carbonyl (C=O) groups is 2. The summed E-state index contributed by atoms with van der Waals surface area (Å²) < 4.78 is 16.4. The number of hydrogen-bond acceptors (Lipinski definition) is 10. The number of benzene rings is 2. The zero-order valence-electron chi connectivity index (χ0n) is 20.4. The molecule has 2 aromatic rings. The van der Waals surface area contributed by atoms with Crippen LogP contribution in [0.25, 0.3) is 0 Å². The highest BCUT2D eigenvalue weighted by Gasteiger charge is 2.48. The summed E-state index contributed by atoms with van der Waals surface area (Å²) in [6.07, 6.45) is -8.68. The van der Waals surface area contributed by atoms with E-state index in [1.165, 1.54) is 18.2 Å². The molecule has 0 aromatic heterocycles. The minimum absolute atomic E-state index is 0.0550. The monoisotopic (exact) mass is 520 g/mol. The van der Waals surface area contributed by atoms with Crippen molar-refractivity contribution in [3.8, 4) is 11.5 Å². The van der Waals surface area contributed by atoms with Gasteiger partial charge in [-0.2, -0.15) is 0 Å². The molecule has 0 spiro atoms. The van der Waals surface area contributed by atoms with E-state index >= 15 is 0 Å². The van der Waals surface area contributed by atoms with Gasteiger partial charge in [0.2, 0.25) is 6.41 Å². The van der Waals surface area contributed by atoms with Gasteiger partial charge in [-0.15, -0.1) is 0 Å². The van der Waals surface area contributed by atoms with Crippen molar-refractivity contribution in [3.05, 3.63) is 53.6 Å². The molecule has 12 nitrogen and oxygen atoms in total. The molecule has 1 unspecified atom stereocenters. The third kappa shape index (κ3) is 7.16. The van der Waals surface area contributed by atoms with E-state index in [1.807, 2.05) is 31.2 Å². The van der Waals surface area contributed by atoms with Gasteiger partial charge in [-0.3, -0.25) is 4.79 Å². The lowest BCUT2D eigenvalue weighted by atomic mass is 9.98. The number of carboxylic acids is 1. The zero-order valence-corrected chi connectivity index (χ0v) is 20.4. The molecule has 1 saturated heterocycles. The van der Waals surface area contributed by atoms with Crippen LogP contribution in [-0.4, -0.2) is 88.3 Å². The van der Waals surface area contributed by atoms with Crippen molar-refractivity contribution in [1.82, 2.24) is 5.32 Å². The number of nitrogens with one attached hydrogen (secondary N) is 2. The number of amides is 1. The number of hydrogen-bond donors (Lipinski definition) is 7. The lowest BCUT2D eigenvalue weighted by Crippen LogP contribution is -2.60. The molecule has 2 aromatic carbocycles. The molecule has 0 radical (unpaired) electrons. The normalized spacial score (nSPS) is 25.2. The SMILES string of the molecule is COc1ccc(C[C@@H](C)NC[C@H](OC2O[C@@H](C(=O)O)[C@H](O)[C@@H](O)[C@@H]2O)c2ccc(O)c(NC=O)c2)cc1. The highest BCUT2D eigenvalue weighted by molar-refractivity contribution is 5.75. The van der Waals surface area contributed by atoms with Gasteiger partial charge in [0.15, 0.2) is 12.4 Å². The molecule has 1 aliphatic heterocycles. The van der Waals surface area contributed by atoms with E-state index in [0.717, 1.165) is 11.3 Å². The number of aromatic hydroxyl groups is 1. The van der Waals surface area contributed by atoms with Crippen molar-refractivity contribution in [1.29, 1.82) is 0 Å². The maximum absolute atomic E-state index is 11.5. The van der Waals surface area contributed by atoms with Crippen molar-refractivity contribution < 1.29 is 49.3 Å². The lowest BCUT2D eigenvalue weighted by Gasteiger charge is -2.40. The first-order chi connectivity index (χ1) is 17.6. The predicted octanol–water partition coefficient (Wildman–Crippen LogP) is 0.140. The first kappa shape index (κ1) is 28.3. The van der Waals surface area contributed by atoms with Crippen molar-refractivity contribution in [2.45, 2.75) is 56.2 Å². The van der Waals surface area contributed by atoms with E-state index in [1.54, 1.807) is 7.11 Å². The van der Waals surface area contributed by atoms with Crippen molar-refractivity contribution >= 4 is 18.1 Å². The minimum Gasteiger partial charge on any atom is -0.506 e. The van der Waals surface area contributed by atoms with E-state index in [0.29, 0.717) is 18.4 Å². The van der Waals surface area contributed by atoms with Crippen LogP contribution in [0.1, 0.15) is 24.2 Å². The van der Waals surface area contributed by atoms with Gasteiger partial charge in [-0.05, 0) is 48.7 Å². The van der Waals surface area contributed by atoms with Crippen LogP contribution in [0.5, 0.6) is 11.5 Å². The molecule has 202 valence electrons. The maximum atomic E-state index is 11.5. The highest BCUT2D eigenvalue weighted by atomic mass is 16.7. The van der Waals surface area contributed by atoms with Gasteiger partial charge < -0.3 is 50.4 Å². The van der Waals surface area contributed by atoms with Crippen molar-refractivity contribution in [3.63, 3.8) is 0 Å². The Balaban J connectivity index is 1.79. The second-order valence-corrected chi connectivity index (χ2v) is 8.76. The molecule has 1 aliphatic rings. The zero-order chi connectivity index (χ0) is 27.1. The molecule has 1 heterocycles. The Labute approximate surface area is 213 Å². The molecule has 1 fully saturated rings. The fourth-order valence-corrected chi connectivity index (χ4v) is 4.00. The number of methoxy groups -OCH3 is 1. The molecule has 3 rings (SSSR count). The average molecular weight is 521 g/mol. The number of ether oxygens (including phenoxy) is 3. The molecule has 0 saturated carbocycles. The summed E-state index contributed by atoms with van der Waals surface area (Å²) in [6.45, 7) is 2.09. The summed E-state index contributed by atoms with van der Waals surface area (Å²) in [7, 11) is 1.59. The van der Waals surface area contributed by atoms with E-state index in [2.05, 4.69) is 10.6 Å². The highest BCUT2D eigenvalue weighted by Crippen LogP contribution is 2.31. The molecular weight excluding hydrogens is 488 g/mol. The van der Waals surface area contributed by atoms with Crippen LogP contribution in [-0.2, 0) is 25.5 Å². The van der Waals surface area contributed by atoms with Crippen LogP contribution in [0.3, 0.4) is 0 Å². The number of aliphatic hydroxyl groups is 3. The number of phenols is 1. The Bertz CT molecular complexity index is 1050. The molecule has 12 heteroatoms. The molecular formula is C25H32N2O10. The third-order valence-electron chi connectivity index (χ3n) is 6.07. The molecule has 0 aliphatic carbocycles. The Morgan fingerprint density at radius 2 is 1.81 bits per heavy atom. The molecule has 0 bridgehead atoms. The Morgan fingerprint density at radius 3 is 2.43 bits per heavy atom. The summed E-state index contributed by atoms with van der Waals surface area (Å²) in [5.74, 6) is -0.978. The van der Waals surface area contributed by atoms with Crippen molar-refractivity contribution in [2.75, 3.05) is 19.0 Å². The average Bonchev–Trinajstić information content (AvgIpc) is 2.88. The third-order valence-corrected chi connectivity index (χ3v) is 6.07. The van der Waals surface area contributed by atoms with Crippen LogP contribution in [0.4, 0.5) is 5.69 Å². The number of carbonyl (C=O) groups excluding carboxylic acids is 1. The molecule has 7 N–H and O–H groups in total. The van der Waals surface area contributed by atoms with E-state index in [4.69, 9.17) is 14.2 Å². The maximum Gasteiger partial charge on any atom is 0.335 e. The van der Waals surface area contributed by atoms with Gasteiger partial charge in [0.05, 0.1) is 18.9 Å². The number of carboxylic acid groups (broad SMARTS) is 1. The summed E-state index contributed by atoms with van der Waals surface area (Å²) in [5.41, 5.74) is 1.61. The number of aliphatic carboxylic acids is 1. The number of phenolic OH excluding ortho intramolecular Hbond substituents is 1. The first-order valence-electron chi connectivity index (χ1n) is 11.6. The van der Waals surface area contributed by atoms with Crippen molar-refractivity contribution in [2.24, 2.45) is 0 Å². The van der Waals surface area contributed by atoms with Gasteiger partial charge in [-0.1, -0.05) is 18.2 Å². The van der Waals surface area contributed by atoms with Crippen LogP contribution in [0.2, 0.25) is 0 Å². The van der Waals surface area contributed by atoms with Crippen LogP contribution >= 0.6 is 0 Å². The number of rotatable bonds is 12. The second kappa shape index (κ2) is 12.8. The summed E-state index contributed by atoms with van der Waals surface area (Å²) in [5, 5.41) is 55.6.